The first-order valence-electron chi connectivity index (χ1n) is 3.97. The van der Waals surface area contributed by atoms with Crippen LogP contribution in [0.25, 0.3) is 0 Å². The Labute approximate surface area is 68.6 Å². The maximum Gasteiger partial charge on any atom is 0.101 e. The highest BCUT2D eigenvalue weighted by Gasteiger charge is 2.29. The minimum Gasteiger partial charge on any atom is -0.387 e. The van der Waals surface area contributed by atoms with E-state index in [-0.39, 0.29) is 0 Å². The standard InChI is InChI=1S/C9H17O2/c1-4-7-8(10)9(11,5-2)6-3/h4,7-8,10-11H,1,5-6H2,2-3H3. The average Bonchev–Trinajstić information content (AvgIpc) is 2.03. The molecule has 2 nitrogen and oxygen atoms in total. The second kappa shape index (κ2) is 4.52. The van der Waals surface area contributed by atoms with Gasteiger partial charge in [-0.15, -0.1) is 0 Å². The van der Waals surface area contributed by atoms with Gasteiger partial charge in [0.25, 0.3) is 0 Å². The summed E-state index contributed by atoms with van der Waals surface area (Å²) >= 11 is 0. The Bertz CT molecular complexity index is 126. The molecular weight excluding hydrogens is 140 g/mol. The number of aliphatic hydroxyl groups excluding tert-OH is 1. The van der Waals surface area contributed by atoms with E-state index in [1.54, 1.807) is 0 Å². The number of hydrogen-bond donors (Lipinski definition) is 2. The lowest BCUT2D eigenvalue weighted by Gasteiger charge is -2.28. The van der Waals surface area contributed by atoms with Crippen LogP contribution in [-0.2, 0) is 0 Å². The van der Waals surface area contributed by atoms with Crippen LogP contribution in [0, 0.1) is 6.92 Å². The Kier molecular flexibility index (Phi) is 4.38. The van der Waals surface area contributed by atoms with Crippen LogP contribution < -0.4 is 0 Å². The van der Waals surface area contributed by atoms with Crippen molar-refractivity contribution in [1.82, 2.24) is 0 Å². The van der Waals surface area contributed by atoms with Gasteiger partial charge in [0.1, 0.15) is 6.10 Å². The van der Waals surface area contributed by atoms with Gasteiger partial charge < -0.3 is 10.2 Å². The molecule has 0 fully saturated rings. The van der Waals surface area contributed by atoms with Gasteiger partial charge in [-0.1, -0.05) is 26.0 Å². The van der Waals surface area contributed by atoms with Gasteiger partial charge in [-0.05, 0) is 19.8 Å². The van der Waals surface area contributed by atoms with Crippen LogP contribution in [-0.4, -0.2) is 21.9 Å². The molecule has 0 aliphatic heterocycles. The summed E-state index contributed by atoms with van der Waals surface area (Å²) in [4.78, 5) is 0. The summed E-state index contributed by atoms with van der Waals surface area (Å²) in [5.74, 6) is 0. The summed E-state index contributed by atoms with van der Waals surface area (Å²) in [5, 5.41) is 19.1. The molecule has 1 unspecified atom stereocenters. The third kappa shape index (κ3) is 2.64. The zero-order valence-electron chi connectivity index (χ0n) is 7.25. The second-order valence-electron chi connectivity index (χ2n) is 2.68. The summed E-state index contributed by atoms with van der Waals surface area (Å²) in [7, 11) is 0. The number of aliphatic hydroxyl groups is 2. The van der Waals surface area contributed by atoms with Crippen LogP contribution >= 0.6 is 0 Å². The van der Waals surface area contributed by atoms with E-state index in [9.17, 15) is 10.2 Å². The molecule has 0 saturated heterocycles. The van der Waals surface area contributed by atoms with Crippen LogP contribution in [0.2, 0.25) is 0 Å². The van der Waals surface area contributed by atoms with Crippen molar-refractivity contribution in [2.75, 3.05) is 0 Å². The van der Waals surface area contributed by atoms with Crippen LogP contribution in [0.3, 0.4) is 0 Å². The van der Waals surface area contributed by atoms with Crippen molar-refractivity contribution in [3.05, 3.63) is 19.1 Å². The maximum atomic E-state index is 9.70. The molecule has 65 valence electrons. The fraction of sp³-hybridized carbons (Fsp3) is 0.667. The van der Waals surface area contributed by atoms with Gasteiger partial charge in [0, 0.05) is 0 Å². The van der Waals surface area contributed by atoms with Gasteiger partial charge in [0.05, 0.1) is 5.60 Å². The lowest BCUT2D eigenvalue weighted by Crippen LogP contribution is -2.39. The molecule has 2 heteroatoms. The molecule has 0 bridgehead atoms. The normalized spacial score (nSPS) is 15.7. The minimum absolute atomic E-state index is 0.551. The second-order valence-corrected chi connectivity index (χ2v) is 2.68. The lowest BCUT2D eigenvalue weighted by atomic mass is 9.90. The number of rotatable bonds is 4. The van der Waals surface area contributed by atoms with Gasteiger partial charge >= 0.3 is 0 Å². The van der Waals surface area contributed by atoms with E-state index in [0.29, 0.717) is 12.8 Å². The van der Waals surface area contributed by atoms with E-state index in [2.05, 4.69) is 6.92 Å². The lowest BCUT2D eigenvalue weighted by molar-refractivity contribution is -0.0572. The molecule has 0 aromatic heterocycles. The van der Waals surface area contributed by atoms with E-state index in [1.807, 2.05) is 13.8 Å². The predicted molar refractivity (Wildman–Crippen MR) is 46.0 cm³/mol. The Hall–Kier alpha value is -0.340. The highest BCUT2D eigenvalue weighted by Crippen LogP contribution is 2.20. The zero-order valence-corrected chi connectivity index (χ0v) is 7.25. The summed E-state index contributed by atoms with van der Waals surface area (Å²) < 4.78 is 0. The average molecular weight is 157 g/mol. The molecule has 11 heavy (non-hydrogen) atoms. The molecule has 0 aromatic rings. The minimum atomic E-state index is -0.978. The smallest absolute Gasteiger partial charge is 0.101 e. The summed E-state index contributed by atoms with van der Waals surface area (Å²) in [5.41, 5.74) is -0.978. The fourth-order valence-electron chi connectivity index (χ4n) is 0.976. The molecular formula is C9H17O2. The molecule has 0 spiro atoms. The van der Waals surface area contributed by atoms with Crippen LogP contribution in [0.4, 0.5) is 0 Å². The first-order valence-corrected chi connectivity index (χ1v) is 3.97. The Morgan fingerprint density at radius 2 is 1.91 bits per heavy atom. The van der Waals surface area contributed by atoms with Crippen molar-refractivity contribution >= 4 is 0 Å². The SMILES string of the molecule is [CH2]C=CC(O)C(O)(CC)CC. The van der Waals surface area contributed by atoms with E-state index in [1.165, 1.54) is 12.2 Å². The molecule has 0 saturated carbocycles. The third-order valence-electron chi connectivity index (χ3n) is 2.09. The molecule has 2 N–H and O–H groups in total. The fourth-order valence-corrected chi connectivity index (χ4v) is 0.976. The van der Waals surface area contributed by atoms with Gasteiger partial charge in [-0.2, -0.15) is 0 Å². The summed E-state index contributed by atoms with van der Waals surface area (Å²) in [6, 6.07) is 0. The molecule has 0 aliphatic rings. The molecule has 0 amide bonds. The van der Waals surface area contributed by atoms with Gasteiger partial charge in [-0.25, -0.2) is 0 Å². The highest BCUT2D eigenvalue weighted by atomic mass is 16.3. The monoisotopic (exact) mass is 157 g/mol. The highest BCUT2D eigenvalue weighted by molar-refractivity contribution is 5.00. The maximum absolute atomic E-state index is 9.70. The van der Waals surface area contributed by atoms with Crippen molar-refractivity contribution in [1.29, 1.82) is 0 Å². The molecule has 1 atom stereocenters. The largest absolute Gasteiger partial charge is 0.387 e. The summed E-state index contributed by atoms with van der Waals surface area (Å²) in [6.45, 7) is 7.16. The van der Waals surface area contributed by atoms with Gasteiger partial charge in [0.15, 0.2) is 0 Å². The van der Waals surface area contributed by atoms with Crippen molar-refractivity contribution in [3.63, 3.8) is 0 Å². The Morgan fingerprint density at radius 1 is 1.45 bits per heavy atom. The van der Waals surface area contributed by atoms with Crippen molar-refractivity contribution < 1.29 is 10.2 Å². The molecule has 0 heterocycles. The zero-order chi connectivity index (χ0) is 8.91. The topological polar surface area (TPSA) is 40.5 Å². The Morgan fingerprint density at radius 3 is 2.18 bits per heavy atom. The van der Waals surface area contributed by atoms with Crippen molar-refractivity contribution in [3.8, 4) is 0 Å². The molecule has 0 aromatic carbocycles. The molecule has 0 rings (SSSR count). The Balaban J connectivity index is 4.23. The van der Waals surface area contributed by atoms with Crippen LogP contribution in [0.15, 0.2) is 12.2 Å². The summed E-state index contributed by atoms with van der Waals surface area (Å²) in [6.07, 6.45) is 3.31. The van der Waals surface area contributed by atoms with E-state index in [4.69, 9.17) is 0 Å². The quantitative estimate of drug-likeness (QED) is 0.645. The van der Waals surface area contributed by atoms with Gasteiger partial charge in [-0.3, -0.25) is 0 Å². The third-order valence-corrected chi connectivity index (χ3v) is 2.09. The predicted octanol–water partition coefficient (Wildman–Crippen LogP) is 1.29. The number of hydrogen-bond acceptors (Lipinski definition) is 2. The van der Waals surface area contributed by atoms with Crippen molar-refractivity contribution in [2.45, 2.75) is 38.4 Å². The van der Waals surface area contributed by atoms with Crippen LogP contribution in [0.5, 0.6) is 0 Å². The van der Waals surface area contributed by atoms with E-state index < -0.39 is 11.7 Å². The first kappa shape index (κ1) is 10.7. The van der Waals surface area contributed by atoms with Crippen LogP contribution in [0.1, 0.15) is 26.7 Å². The molecule has 1 radical (unpaired) electrons. The van der Waals surface area contributed by atoms with Crippen molar-refractivity contribution in [2.24, 2.45) is 0 Å². The van der Waals surface area contributed by atoms with E-state index >= 15 is 0 Å². The van der Waals surface area contributed by atoms with E-state index in [0.717, 1.165) is 0 Å². The first-order chi connectivity index (χ1) is 5.10. The molecule has 0 aliphatic carbocycles. The van der Waals surface area contributed by atoms with Gasteiger partial charge in [0.2, 0.25) is 0 Å². The number of allylic oxidation sites excluding steroid dienone is 1.